The van der Waals surface area contributed by atoms with E-state index < -0.39 is 6.04 Å². The summed E-state index contributed by atoms with van der Waals surface area (Å²) in [5.74, 6) is -0.0223. The molecule has 6 nitrogen and oxygen atoms in total. The normalized spacial score (nSPS) is 24.0. The van der Waals surface area contributed by atoms with E-state index in [9.17, 15) is 9.59 Å². The molecule has 2 aliphatic heterocycles. The molecule has 0 radical (unpaired) electrons. The summed E-state index contributed by atoms with van der Waals surface area (Å²) in [6.07, 6.45) is 2.78. The van der Waals surface area contributed by atoms with Crippen molar-refractivity contribution in [1.82, 2.24) is 10.2 Å². The smallest absolute Gasteiger partial charge is 0.317 e. The van der Waals surface area contributed by atoms with Crippen molar-refractivity contribution in [2.24, 2.45) is 0 Å². The highest BCUT2D eigenvalue weighted by Crippen LogP contribution is 2.23. The molecular weight excluding hydrogens is 294 g/mol. The van der Waals surface area contributed by atoms with Crippen molar-refractivity contribution in [3.63, 3.8) is 0 Å². The van der Waals surface area contributed by atoms with Crippen LogP contribution in [0, 0.1) is 0 Å². The molecule has 2 saturated heterocycles. The fourth-order valence-electron chi connectivity index (χ4n) is 3.16. The van der Waals surface area contributed by atoms with Gasteiger partial charge in [0, 0.05) is 32.4 Å². The SMILES string of the molecule is CN(C(=O)NC[C@@H]1CCCO1)[C@@H]1CCN(c2ccccc2)C1=O. The summed E-state index contributed by atoms with van der Waals surface area (Å²) in [5, 5.41) is 2.87. The molecule has 1 aromatic rings. The number of benzene rings is 1. The molecule has 2 heterocycles. The molecular formula is C17H23N3O3. The van der Waals surface area contributed by atoms with Crippen molar-refractivity contribution in [1.29, 1.82) is 0 Å². The van der Waals surface area contributed by atoms with Crippen LogP contribution in [0.4, 0.5) is 10.5 Å². The molecule has 0 aromatic heterocycles. The maximum Gasteiger partial charge on any atom is 0.317 e. The lowest BCUT2D eigenvalue weighted by Crippen LogP contribution is -2.48. The first kappa shape index (κ1) is 15.8. The molecule has 3 rings (SSSR count). The molecule has 0 bridgehead atoms. The van der Waals surface area contributed by atoms with Gasteiger partial charge in [0.05, 0.1) is 6.10 Å². The predicted molar refractivity (Wildman–Crippen MR) is 87.3 cm³/mol. The van der Waals surface area contributed by atoms with Gasteiger partial charge in [0.15, 0.2) is 0 Å². The summed E-state index contributed by atoms with van der Waals surface area (Å²) in [4.78, 5) is 28.1. The van der Waals surface area contributed by atoms with E-state index in [4.69, 9.17) is 4.74 Å². The molecule has 2 atom stereocenters. The average Bonchev–Trinajstić information content (AvgIpc) is 3.22. The molecule has 1 aromatic carbocycles. The summed E-state index contributed by atoms with van der Waals surface area (Å²) in [5.41, 5.74) is 0.883. The molecule has 0 unspecified atom stereocenters. The van der Waals surface area contributed by atoms with Gasteiger partial charge in [0.25, 0.3) is 0 Å². The third kappa shape index (κ3) is 3.47. The largest absolute Gasteiger partial charge is 0.376 e. The second kappa shape index (κ2) is 7.00. The molecule has 23 heavy (non-hydrogen) atoms. The maximum absolute atomic E-state index is 12.6. The zero-order chi connectivity index (χ0) is 16.2. The van der Waals surface area contributed by atoms with Gasteiger partial charge in [-0.05, 0) is 31.4 Å². The maximum atomic E-state index is 12.6. The van der Waals surface area contributed by atoms with Crippen LogP contribution in [-0.2, 0) is 9.53 Å². The first-order valence-corrected chi connectivity index (χ1v) is 8.15. The Hall–Kier alpha value is -2.08. The second-order valence-corrected chi connectivity index (χ2v) is 6.06. The van der Waals surface area contributed by atoms with Gasteiger partial charge < -0.3 is 19.9 Å². The van der Waals surface area contributed by atoms with Crippen LogP contribution >= 0.6 is 0 Å². The van der Waals surface area contributed by atoms with Gasteiger partial charge in [-0.3, -0.25) is 4.79 Å². The van der Waals surface area contributed by atoms with E-state index in [0.29, 0.717) is 19.5 Å². The zero-order valence-electron chi connectivity index (χ0n) is 13.4. The van der Waals surface area contributed by atoms with Crippen LogP contribution in [-0.4, -0.2) is 55.7 Å². The second-order valence-electron chi connectivity index (χ2n) is 6.06. The van der Waals surface area contributed by atoms with Gasteiger partial charge in [-0.25, -0.2) is 4.79 Å². The molecule has 2 aliphatic rings. The highest BCUT2D eigenvalue weighted by Gasteiger charge is 2.37. The van der Waals surface area contributed by atoms with Crippen LogP contribution in [0.25, 0.3) is 0 Å². The van der Waals surface area contributed by atoms with Gasteiger partial charge in [-0.15, -0.1) is 0 Å². The highest BCUT2D eigenvalue weighted by atomic mass is 16.5. The third-order valence-electron chi connectivity index (χ3n) is 4.54. The van der Waals surface area contributed by atoms with E-state index in [2.05, 4.69) is 5.32 Å². The van der Waals surface area contributed by atoms with Crippen molar-refractivity contribution in [2.45, 2.75) is 31.4 Å². The Labute approximate surface area is 136 Å². The third-order valence-corrected chi connectivity index (χ3v) is 4.54. The Bertz CT molecular complexity index is 557. The summed E-state index contributed by atoms with van der Waals surface area (Å²) in [7, 11) is 1.68. The van der Waals surface area contributed by atoms with Crippen molar-refractivity contribution in [2.75, 3.05) is 31.6 Å². The molecule has 6 heteroatoms. The number of nitrogens with zero attached hydrogens (tertiary/aromatic N) is 2. The molecule has 0 aliphatic carbocycles. The number of ether oxygens (including phenoxy) is 1. The van der Waals surface area contributed by atoms with E-state index >= 15 is 0 Å². The molecule has 3 amide bonds. The van der Waals surface area contributed by atoms with Gasteiger partial charge >= 0.3 is 6.03 Å². The summed E-state index contributed by atoms with van der Waals surface area (Å²) < 4.78 is 5.50. The number of hydrogen-bond acceptors (Lipinski definition) is 3. The Morgan fingerprint density at radius 1 is 1.35 bits per heavy atom. The monoisotopic (exact) mass is 317 g/mol. The molecule has 0 saturated carbocycles. The Morgan fingerprint density at radius 2 is 2.13 bits per heavy atom. The minimum Gasteiger partial charge on any atom is -0.376 e. The number of urea groups is 1. The van der Waals surface area contributed by atoms with Crippen molar-refractivity contribution < 1.29 is 14.3 Å². The number of nitrogens with one attached hydrogen (secondary N) is 1. The van der Waals surface area contributed by atoms with Crippen LogP contribution in [0.15, 0.2) is 30.3 Å². The van der Waals surface area contributed by atoms with Crippen LogP contribution in [0.5, 0.6) is 0 Å². The minimum atomic E-state index is -0.403. The fourth-order valence-corrected chi connectivity index (χ4v) is 3.16. The standard InChI is InChI=1S/C17H23N3O3/c1-19(17(22)18-12-14-8-5-11-23-14)15-9-10-20(16(15)21)13-6-3-2-4-7-13/h2-4,6-7,14-15H,5,8-12H2,1H3,(H,18,22)/t14-,15+/m0/s1. The van der Waals surface area contributed by atoms with Crippen molar-refractivity contribution in [3.8, 4) is 0 Å². The van der Waals surface area contributed by atoms with Gasteiger partial charge in [-0.2, -0.15) is 0 Å². The van der Waals surface area contributed by atoms with Gasteiger partial charge in [0.2, 0.25) is 5.91 Å². The van der Waals surface area contributed by atoms with Gasteiger partial charge in [-0.1, -0.05) is 18.2 Å². The molecule has 0 spiro atoms. The zero-order valence-corrected chi connectivity index (χ0v) is 13.4. The number of carbonyl (C=O) groups excluding carboxylic acids is 2. The Balaban J connectivity index is 1.56. The predicted octanol–water partition coefficient (Wildman–Crippen LogP) is 1.61. The van der Waals surface area contributed by atoms with E-state index in [1.54, 1.807) is 11.9 Å². The first-order valence-electron chi connectivity index (χ1n) is 8.15. The van der Waals surface area contributed by atoms with Crippen LogP contribution in [0.1, 0.15) is 19.3 Å². The number of carbonyl (C=O) groups is 2. The van der Waals surface area contributed by atoms with Gasteiger partial charge in [0.1, 0.15) is 6.04 Å². The molecule has 2 fully saturated rings. The number of rotatable bonds is 4. The first-order chi connectivity index (χ1) is 11.2. The van der Waals surface area contributed by atoms with Crippen LogP contribution in [0.3, 0.4) is 0 Å². The van der Waals surface area contributed by atoms with E-state index in [-0.39, 0.29) is 18.0 Å². The topological polar surface area (TPSA) is 61.9 Å². The Kier molecular flexibility index (Phi) is 4.81. The minimum absolute atomic E-state index is 0.0223. The lowest BCUT2D eigenvalue weighted by atomic mass is 10.2. The quantitative estimate of drug-likeness (QED) is 0.918. The van der Waals surface area contributed by atoms with E-state index in [1.165, 1.54) is 4.90 Å². The number of anilines is 1. The Morgan fingerprint density at radius 3 is 2.83 bits per heavy atom. The summed E-state index contributed by atoms with van der Waals surface area (Å²) in [6, 6.07) is 8.96. The number of para-hydroxylation sites is 1. The average molecular weight is 317 g/mol. The van der Waals surface area contributed by atoms with Crippen molar-refractivity contribution in [3.05, 3.63) is 30.3 Å². The van der Waals surface area contributed by atoms with Crippen molar-refractivity contribution >= 4 is 17.6 Å². The van der Waals surface area contributed by atoms with Crippen LogP contribution in [0.2, 0.25) is 0 Å². The number of hydrogen-bond donors (Lipinski definition) is 1. The number of amides is 3. The lowest BCUT2D eigenvalue weighted by molar-refractivity contribution is -0.120. The van der Waals surface area contributed by atoms with E-state index in [0.717, 1.165) is 25.1 Å². The van der Waals surface area contributed by atoms with E-state index in [1.807, 2.05) is 30.3 Å². The number of likely N-dealkylation sites (N-methyl/N-ethyl adjacent to an activating group) is 1. The lowest BCUT2D eigenvalue weighted by Gasteiger charge is -2.25. The molecule has 124 valence electrons. The fraction of sp³-hybridized carbons (Fsp3) is 0.529. The summed E-state index contributed by atoms with van der Waals surface area (Å²) >= 11 is 0. The summed E-state index contributed by atoms with van der Waals surface area (Å²) in [6.45, 7) is 1.91. The van der Waals surface area contributed by atoms with Crippen LogP contribution < -0.4 is 10.2 Å². The highest BCUT2D eigenvalue weighted by molar-refractivity contribution is 6.01. The molecule has 1 N–H and O–H groups in total.